The Labute approximate surface area is 172 Å². The molecule has 0 aliphatic heterocycles. The van der Waals surface area contributed by atoms with Crippen molar-refractivity contribution in [2.45, 2.75) is 70.8 Å². The summed E-state index contributed by atoms with van der Waals surface area (Å²) in [5.41, 5.74) is 1.36. The first-order valence-corrected chi connectivity index (χ1v) is 11.7. The molecule has 1 unspecified atom stereocenters. The molecule has 0 saturated carbocycles. The van der Waals surface area contributed by atoms with Gasteiger partial charge in [-0.1, -0.05) is 32.5 Å². The lowest BCUT2D eigenvalue weighted by Crippen LogP contribution is -2.24. The maximum Gasteiger partial charge on any atom is 0.263 e. The van der Waals surface area contributed by atoms with Crippen molar-refractivity contribution in [1.29, 1.82) is 0 Å². The van der Waals surface area contributed by atoms with Crippen molar-refractivity contribution in [2.75, 3.05) is 0 Å². The lowest BCUT2D eigenvalue weighted by atomic mass is 9.89. The van der Waals surface area contributed by atoms with Gasteiger partial charge in [-0.2, -0.15) is 0 Å². The van der Waals surface area contributed by atoms with Gasteiger partial charge in [0.05, 0.1) is 11.1 Å². The van der Waals surface area contributed by atoms with Crippen molar-refractivity contribution >= 4 is 33.3 Å². The fourth-order valence-electron chi connectivity index (χ4n) is 3.62. The monoisotopic (exact) mass is 418 g/mol. The van der Waals surface area contributed by atoms with Gasteiger partial charge < -0.3 is 4.42 Å². The predicted molar refractivity (Wildman–Crippen MR) is 113 cm³/mol. The fraction of sp³-hybridized carbons (Fsp3) is 0.600. The van der Waals surface area contributed by atoms with Crippen molar-refractivity contribution in [1.82, 2.24) is 19.7 Å². The van der Waals surface area contributed by atoms with Crippen LogP contribution in [0.25, 0.3) is 10.2 Å². The van der Waals surface area contributed by atoms with Gasteiger partial charge in [0.15, 0.2) is 5.16 Å². The van der Waals surface area contributed by atoms with Gasteiger partial charge in [0.1, 0.15) is 4.83 Å². The molecule has 1 atom stereocenters. The van der Waals surface area contributed by atoms with E-state index in [4.69, 9.17) is 9.40 Å². The number of nitrogens with zero attached hydrogens (tertiary/aromatic N) is 4. The predicted octanol–water partition coefficient (Wildman–Crippen LogP) is 4.61. The average Bonchev–Trinajstić information content (AvgIpc) is 3.21. The Kier molecular flexibility index (Phi) is 5.60. The number of hydrogen-bond donors (Lipinski definition) is 0. The van der Waals surface area contributed by atoms with E-state index < -0.39 is 0 Å². The maximum atomic E-state index is 13.5. The summed E-state index contributed by atoms with van der Waals surface area (Å²) < 4.78 is 7.35. The van der Waals surface area contributed by atoms with Gasteiger partial charge in [0.25, 0.3) is 5.56 Å². The number of aromatic nitrogens is 4. The number of rotatable bonds is 6. The highest BCUT2D eigenvalue weighted by Crippen LogP contribution is 2.36. The Hall–Kier alpha value is -1.67. The molecule has 0 spiro atoms. The molecule has 4 rings (SSSR count). The van der Waals surface area contributed by atoms with E-state index in [0.29, 0.717) is 35.9 Å². The lowest BCUT2D eigenvalue weighted by Gasteiger charge is -2.18. The summed E-state index contributed by atoms with van der Waals surface area (Å²) in [5.74, 6) is 2.83. The topological polar surface area (TPSA) is 73.8 Å². The highest BCUT2D eigenvalue weighted by molar-refractivity contribution is 7.98. The zero-order valence-electron chi connectivity index (χ0n) is 16.8. The first kappa shape index (κ1) is 19.6. The smallest absolute Gasteiger partial charge is 0.263 e. The van der Waals surface area contributed by atoms with Crippen LogP contribution in [0.2, 0.25) is 0 Å². The summed E-state index contributed by atoms with van der Waals surface area (Å²) in [5, 5.41) is 9.55. The molecule has 1 aliphatic carbocycles. The van der Waals surface area contributed by atoms with E-state index in [1.54, 1.807) is 18.3 Å². The van der Waals surface area contributed by atoms with Gasteiger partial charge in [-0.3, -0.25) is 9.36 Å². The molecule has 0 fully saturated rings. The molecule has 0 bridgehead atoms. The Balaban J connectivity index is 1.75. The molecule has 150 valence electrons. The summed E-state index contributed by atoms with van der Waals surface area (Å²) in [6.45, 7) is 9.11. The molecular formula is C20H26N4O2S2. The number of fused-ring (bicyclic) bond motifs is 3. The molecular weight excluding hydrogens is 392 g/mol. The van der Waals surface area contributed by atoms with E-state index in [0.717, 1.165) is 41.1 Å². The molecule has 0 saturated heterocycles. The molecule has 3 aromatic rings. The van der Waals surface area contributed by atoms with E-state index in [1.165, 1.54) is 22.2 Å². The third-order valence-corrected chi connectivity index (χ3v) is 7.31. The average molecular weight is 419 g/mol. The first-order valence-electron chi connectivity index (χ1n) is 9.89. The zero-order chi connectivity index (χ0) is 19.8. The minimum absolute atomic E-state index is 0.113. The lowest BCUT2D eigenvalue weighted by molar-refractivity contribution is 0.477. The van der Waals surface area contributed by atoms with E-state index >= 15 is 0 Å². The van der Waals surface area contributed by atoms with Gasteiger partial charge in [0.2, 0.25) is 11.8 Å². The van der Waals surface area contributed by atoms with Gasteiger partial charge in [-0.05, 0) is 43.1 Å². The third-order valence-electron chi connectivity index (χ3n) is 5.20. The van der Waals surface area contributed by atoms with Crippen LogP contribution in [0.3, 0.4) is 0 Å². The SMILES string of the molecule is Cc1nnc(CSc2nc3sc4c(c3c(=O)n2CCC(C)C)CCC(C)C4)o1. The Morgan fingerprint density at radius 1 is 1.36 bits per heavy atom. The number of thioether (sulfide) groups is 1. The summed E-state index contributed by atoms with van der Waals surface area (Å²) in [7, 11) is 0. The molecule has 0 N–H and O–H groups in total. The Morgan fingerprint density at radius 3 is 2.89 bits per heavy atom. The van der Waals surface area contributed by atoms with E-state index in [-0.39, 0.29) is 5.56 Å². The van der Waals surface area contributed by atoms with E-state index in [1.807, 2.05) is 4.57 Å². The van der Waals surface area contributed by atoms with Crippen molar-refractivity contribution in [3.63, 3.8) is 0 Å². The van der Waals surface area contributed by atoms with Crippen LogP contribution in [0.15, 0.2) is 14.4 Å². The number of hydrogen-bond acceptors (Lipinski definition) is 7. The molecule has 3 aromatic heterocycles. The van der Waals surface area contributed by atoms with Crippen LogP contribution in [-0.4, -0.2) is 19.7 Å². The molecule has 0 radical (unpaired) electrons. The fourth-order valence-corrected chi connectivity index (χ4v) is 5.91. The molecule has 6 nitrogen and oxygen atoms in total. The standard InChI is InChI=1S/C20H26N4O2S2/c1-11(2)7-8-24-19(25)17-14-6-5-12(3)9-15(14)28-18(17)21-20(24)27-10-16-23-22-13(4)26-16/h11-12H,5-10H2,1-4H3. The molecule has 0 amide bonds. The van der Waals surface area contributed by atoms with Crippen molar-refractivity contribution in [2.24, 2.45) is 11.8 Å². The minimum Gasteiger partial charge on any atom is -0.425 e. The second kappa shape index (κ2) is 7.99. The van der Waals surface area contributed by atoms with Crippen molar-refractivity contribution in [3.8, 4) is 0 Å². The number of thiophene rings is 1. The van der Waals surface area contributed by atoms with E-state index in [9.17, 15) is 4.79 Å². The summed E-state index contributed by atoms with van der Waals surface area (Å²) in [4.78, 5) is 20.6. The maximum absolute atomic E-state index is 13.5. The van der Waals surface area contributed by atoms with Gasteiger partial charge in [-0.15, -0.1) is 21.5 Å². The zero-order valence-corrected chi connectivity index (χ0v) is 18.5. The van der Waals surface area contributed by atoms with E-state index in [2.05, 4.69) is 31.0 Å². The first-order chi connectivity index (χ1) is 13.4. The molecule has 28 heavy (non-hydrogen) atoms. The molecule has 1 aliphatic rings. The van der Waals surface area contributed by atoms with Crippen LogP contribution >= 0.6 is 23.1 Å². The van der Waals surface area contributed by atoms with Gasteiger partial charge in [0, 0.05) is 18.3 Å². The van der Waals surface area contributed by atoms with Crippen LogP contribution in [0.4, 0.5) is 0 Å². The quantitative estimate of drug-likeness (QED) is 0.430. The molecule has 0 aromatic carbocycles. The van der Waals surface area contributed by atoms with Crippen LogP contribution in [-0.2, 0) is 25.1 Å². The number of aryl methyl sites for hydroxylation is 2. The van der Waals surface area contributed by atoms with Crippen LogP contribution in [0.5, 0.6) is 0 Å². The van der Waals surface area contributed by atoms with Gasteiger partial charge >= 0.3 is 0 Å². The van der Waals surface area contributed by atoms with Crippen molar-refractivity contribution in [3.05, 3.63) is 32.6 Å². The van der Waals surface area contributed by atoms with Crippen LogP contribution in [0, 0.1) is 18.8 Å². The summed E-state index contributed by atoms with van der Waals surface area (Å²) in [6, 6.07) is 0. The summed E-state index contributed by atoms with van der Waals surface area (Å²) >= 11 is 3.20. The second-order valence-corrected chi connectivity index (χ2v) is 10.1. The normalized spacial score (nSPS) is 16.8. The van der Waals surface area contributed by atoms with Crippen LogP contribution in [0.1, 0.15) is 55.8 Å². The minimum atomic E-state index is 0.113. The third kappa shape index (κ3) is 3.89. The van der Waals surface area contributed by atoms with Crippen LogP contribution < -0.4 is 5.56 Å². The summed E-state index contributed by atoms with van der Waals surface area (Å²) in [6.07, 6.45) is 4.15. The molecule has 3 heterocycles. The second-order valence-electron chi connectivity index (χ2n) is 8.07. The highest BCUT2D eigenvalue weighted by atomic mass is 32.2. The molecule has 8 heteroatoms. The highest BCUT2D eigenvalue weighted by Gasteiger charge is 2.25. The largest absolute Gasteiger partial charge is 0.425 e. The Bertz CT molecular complexity index is 1050. The Morgan fingerprint density at radius 2 is 2.18 bits per heavy atom. The van der Waals surface area contributed by atoms with Gasteiger partial charge in [-0.25, -0.2) is 4.98 Å². The van der Waals surface area contributed by atoms with Crippen molar-refractivity contribution < 1.29 is 4.42 Å².